The molecule has 0 aliphatic carbocycles. The number of hydrogen-bond acceptors (Lipinski definition) is 3. The van der Waals surface area contributed by atoms with Gasteiger partial charge in [0.1, 0.15) is 5.82 Å². The molecule has 1 aromatic heterocycles. The molecule has 2 aromatic carbocycles. The Morgan fingerprint density at radius 1 is 1.21 bits per heavy atom. The van der Waals surface area contributed by atoms with Crippen LogP contribution in [0.5, 0.6) is 0 Å². The van der Waals surface area contributed by atoms with Gasteiger partial charge < -0.3 is 4.90 Å². The lowest BCUT2D eigenvalue weighted by molar-refractivity contribution is 0.130. The largest absolute Gasteiger partial charge is 0.301 e. The van der Waals surface area contributed by atoms with Gasteiger partial charge >= 0.3 is 0 Å². The predicted molar refractivity (Wildman–Crippen MR) is 116 cm³/mol. The molecule has 0 radical (unpaired) electrons. The van der Waals surface area contributed by atoms with Gasteiger partial charge in [-0.3, -0.25) is 9.36 Å². The van der Waals surface area contributed by atoms with E-state index in [1.807, 2.05) is 18.2 Å². The molecule has 1 atom stereocenters. The number of fused-ring (bicyclic) bond motifs is 1. The molecule has 0 spiro atoms. The maximum atomic E-state index is 13.5. The summed E-state index contributed by atoms with van der Waals surface area (Å²) in [4.78, 5) is 20.1. The summed E-state index contributed by atoms with van der Waals surface area (Å²) in [5, 5.41) is 0.639. The van der Waals surface area contributed by atoms with Gasteiger partial charge in [0.2, 0.25) is 0 Å². The highest BCUT2D eigenvalue weighted by Crippen LogP contribution is 2.26. The highest BCUT2D eigenvalue weighted by atomic mass is 35.5. The number of likely N-dealkylation sites (tertiary alicyclic amines) is 1. The Bertz CT molecular complexity index is 1100. The quantitative estimate of drug-likeness (QED) is 0.605. The molecular formula is C23H25ClFN3O. The molecule has 0 saturated carbocycles. The van der Waals surface area contributed by atoms with Gasteiger partial charge in [-0.1, -0.05) is 23.7 Å². The van der Waals surface area contributed by atoms with Gasteiger partial charge in [0.25, 0.3) is 5.56 Å². The van der Waals surface area contributed by atoms with Crippen molar-refractivity contribution in [3.8, 4) is 11.1 Å². The lowest BCUT2D eigenvalue weighted by atomic mass is 9.97. The number of nitrogens with zero attached hydrogens (tertiary/aromatic N) is 3. The van der Waals surface area contributed by atoms with E-state index in [0.29, 0.717) is 29.4 Å². The van der Waals surface area contributed by atoms with E-state index in [1.54, 1.807) is 23.0 Å². The molecule has 1 saturated heterocycles. The summed E-state index contributed by atoms with van der Waals surface area (Å²) in [7, 11) is 0. The number of hydrogen-bond donors (Lipinski definition) is 0. The Hall–Kier alpha value is -2.24. The smallest absolute Gasteiger partial charge is 0.261 e. The van der Waals surface area contributed by atoms with Crippen LogP contribution in [0.15, 0.2) is 47.5 Å². The second-order valence-corrected chi connectivity index (χ2v) is 8.57. The van der Waals surface area contributed by atoms with Crippen molar-refractivity contribution in [3.63, 3.8) is 0 Å². The third kappa shape index (κ3) is 4.21. The minimum absolute atomic E-state index is 0.0354. The summed E-state index contributed by atoms with van der Waals surface area (Å²) in [5.41, 5.74) is 2.22. The van der Waals surface area contributed by atoms with Gasteiger partial charge in [-0.2, -0.15) is 0 Å². The third-order valence-corrected chi connectivity index (χ3v) is 6.10. The Morgan fingerprint density at radius 2 is 1.97 bits per heavy atom. The standard InChI is InChI=1S/C23H25ClFN3O/c1-15(2)27-9-3-4-16(12-27)13-28-14-26-22-8-6-17(10-19(22)23(28)29)18-5-7-21(25)20(24)11-18/h5-8,10-11,14-16H,3-4,9,12-13H2,1-2H3/t16-/m0/s1. The monoisotopic (exact) mass is 413 g/mol. The van der Waals surface area contributed by atoms with Gasteiger partial charge in [-0.25, -0.2) is 9.37 Å². The zero-order valence-corrected chi connectivity index (χ0v) is 17.5. The molecule has 0 bridgehead atoms. The van der Waals surface area contributed by atoms with Crippen LogP contribution >= 0.6 is 11.6 Å². The van der Waals surface area contributed by atoms with Gasteiger partial charge in [-0.05, 0) is 74.5 Å². The fourth-order valence-electron chi connectivity index (χ4n) is 4.14. The summed E-state index contributed by atoms with van der Waals surface area (Å²) in [5.74, 6) is -0.00894. The van der Waals surface area contributed by atoms with Crippen molar-refractivity contribution in [1.29, 1.82) is 0 Å². The number of halogens is 2. The van der Waals surface area contributed by atoms with Gasteiger partial charge in [-0.15, -0.1) is 0 Å². The van der Waals surface area contributed by atoms with Crippen LogP contribution in [0.4, 0.5) is 4.39 Å². The summed E-state index contributed by atoms with van der Waals surface area (Å²) in [6.45, 7) is 7.25. The Kier molecular flexibility index (Phi) is 5.70. The topological polar surface area (TPSA) is 38.1 Å². The molecule has 4 nitrogen and oxygen atoms in total. The molecule has 1 aliphatic heterocycles. The molecule has 3 aromatic rings. The third-order valence-electron chi connectivity index (χ3n) is 5.81. The highest BCUT2D eigenvalue weighted by molar-refractivity contribution is 6.31. The number of benzene rings is 2. The van der Waals surface area contributed by atoms with E-state index in [2.05, 4.69) is 23.7 Å². The summed E-state index contributed by atoms with van der Waals surface area (Å²) >= 11 is 5.92. The second kappa shape index (κ2) is 8.25. The van der Waals surface area contributed by atoms with E-state index in [1.165, 1.54) is 6.07 Å². The fraction of sp³-hybridized carbons (Fsp3) is 0.391. The molecule has 1 aliphatic rings. The van der Waals surface area contributed by atoms with Crippen molar-refractivity contribution in [1.82, 2.24) is 14.5 Å². The Morgan fingerprint density at radius 3 is 2.72 bits per heavy atom. The Balaban J connectivity index is 1.65. The number of piperidine rings is 1. The summed E-state index contributed by atoms with van der Waals surface area (Å²) < 4.78 is 15.2. The molecule has 152 valence electrons. The molecule has 6 heteroatoms. The van der Waals surface area contributed by atoms with E-state index in [-0.39, 0.29) is 10.6 Å². The van der Waals surface area contributed by atoms with Gasteiger partial charge in [0.15, 0.2) is 0 Å². The van der Waals surface area contributed by atoms with E-state index in [4.69, 9.17) is 11.6 Å². The molecule has 0 unspecified atom stereocenters. The maximum Gasteiger partial charge on any atom is 0.261 e. The molecule has 0 amide bonds. The zero-order valence-electron chi connectivity index (χ0n) is 16.7. The average Bonchev–Trinajstić information content (AvgIpc) is 2.72. The van der Waals surface area contributed by atoms with Crippen molar-refractivity contribution >= 4 is 22.5 Å². The molecule has 0 N–H and O–H groups in total. The zero-order chi connectivity index (χ0) is 20.5. The van der Waals surface area contributed by atoms with E-state index in [0.717, 1.165) is 37.1 Å². The second-order valence-electron chi connectivity index (χ2n) is 8.16. The van der Waals surface area contributed by atoms with Crippen LogP contribution in [-0.2, 0) is 6.54 Å². The van der Waals surface area contributed by atoms with Gasteiger partial charge in [0, 0.05) is 19.1 Å². The number of rotatable bonds is 4. The van der Waals surface area contributed by atoms with Crippen molar-refractivity contribution in [2.45, 2.75) is 39.3 Å². The van der Waals surface area contributed by atoms with E-state index >= 15 is 0 Å². The molecule has 29 heavy (non-hydrogen) atoms. The summed E-state index contributed by atoms with van der Waals surface area (Å²) in [6, 6.07) is 10.6. The predicted octanol–water partition coefficient (Wildman–Crippen LogP) is 4.98. The first-order chi connectivity index (χ1) is 13.9. The van der Waals surface area contributed by atoms with Crippen LogP contribution < -0.4 is 5.56 Å². The highest BCUT2D eigenvalue weighted by Gasteiger charge is 2.22. The van der Waals surface area contributed by atoms with Crippen LogP contribution in [0.25, 0.3) is 22.0 Å². The van der Waals surface area contributed by atoms with E-state index < -0.39 is 5.82 Å². The SMILES string of the molecule is CC(C)N1CCC[C@H](Cn2cnc3ccc(-c4ccc(F)c(Cl)c4)cc3c2=O)C1. The fourth-order valence-corrected chi connectivity index (χ4v) is 4.32. The molecule has 4 rings (SSSR count). The lowest BCUT2D eigenvalue weighted by Gasteiger charge is -2.35. The first kappa shape index (κ1) is 20.0. The van der Waals surface area contributed by atoms with Crippen LogP contribution in [0.3, 0.4) is 0 Å². The van der Waals surface area contributed by atoms with Crippen molar-refractivity contribution in [2.24, 2.45) is 5.92 Å². The number of aromatic nitrogens is 2. The van der Waals surface area contributed by atoms with Crippen molar-refractivity contribution in [3.05, 3.63) is 63.9 Å². The van der Waals surface area contributed by atoms with E-state index in [9.17, 15) is 9.18 Å². The molecular weight excluding hydrogens is 389 g/mol. The molecule has 1 fully saturated rings. The van der Waals surface area contributed by atoms with Gasteiger partial charge in [0.05, 0.1) is 22.3 Å². The molecule has 2 heterocycles. The van der Waals surface area contributed by atoms with Crippen molar-refractivity contribution < 1.29 is 4.39 Å². The normalized spacial score (nSPS) is 17.9. The van der Waals surface area contributed by atoms with Crippen molar-refractivity contribution in [2.75, 3.05) is 13.1 Å². The minimum atomic E-state index is -0.455. The first-order valence-electron chi connectivity index (χ1n) is 10.1. The minimum Gasteiger partial charge on any atom is -0.301 e. The Labute approximate surface area is 174 Å². The average molecular weight is 414 g/mol. The lowest BCUT2D eigenvalue weighted by Crippen LogP contribution is -2.42. The summed E-state index contributed by atoms with van der Waals surface area (Å²) in [6.07, 6.45) is 3.95. The van der Waals surface area contributed by atoms with Crippen LogP contribution in [0, 0.1) is 11.7 Å². The van der Waals surface area contributed by atoms with Crippen LogP contribution in [0.2, 0.25) is 5.02 Å². The van der Waals surface area contributed by atoms with Crippen LogP contribution in [0.1, 0.15) is 26.7 Å². The first-order valence-corrected chi connectivity index (χ1v) is 10.5. The van der Waals surface area contributed by atoms with Crippen LogP contribution in [-0.4, -0.2) is 33.6 Å². The maximum absolute atomic E-state index is 13.5.